The van der Waals surface area contributed by atoms with Gasteiger partial charge >= 0.3 is 11.8 Å². The van der Waals surface area contributed by atoms with Crippen LogP contribution in [0, 0.1) is 12.8 Å². The highest BCUT2D eigenvalue weighted by Gasteiger charge is 2.15. The van der Waals surface area contributed by atoms with Crippen molar-refractivity contribution in [2.24, 2.45) is 5.92 Å². The third kappa shape index (κ3) is 5.30. The van der Waals surface area contributed by atoms with E-state index in [0.717, 1.165) is 10.0 Å². The minimum atomic E-state index is -0.692. The largest absolute Gasteiger partial charge is 0.396 e. The lowest BCUT2D eigenvalue weighted by Gasteiger charge is -2.12. The maximum Gasteiger partial charge on any atom is 0.313 e. The van der Waals surface area contributed by atoms with Crippen LogP contribution in [0.25, 0.3) is 0 Å². The SMILES string of the molecule is Cc1ccc(Br)cc1NC(=O)C(=O)NCC(C)CCO. The zero-order chi connectivity index (χ0) is 15.1. The molecule has 1 atom stereocenters. The van der Waals surface area contributed by atoms with Gasteiger partial charge in [-0.15, -0.1) is 0 Å². The van der Waals surface area contributed by atoms with Crippen molar-refractivity contribution in [1.29, 1.82) is 0 Å². The normalized spacial score (nSPS) is 11.8. The van der Waals surface area contributed by atoms with Gasteiger partial charge < -0.3 is 15.7 Å². The second-order valence-electron chi connectivity index (χ2n) is 4.74. The number of nitrogens with one attached hydrogen (secondary N) is 2. The van der Waals surface area contributed by atoms with E-state index in [4.69, 9.17) is 5.11 Å². The number of anilines is 1. The minimum Gasteiger partial charge on any atom is -0.396 e. The predicted molar refractivity (Wildman–Crippen MR) is 81.4 cm³/mol. The van der Waals surface area contributed by atoms with E-state index in [1.165, 1.54) is 0 Å². The molecule has 20 heavy (non-hydrogen) atoms. The van der Waals surface area contributed by atoms with E-state index < -0.39 is 11.8 Å². The van der Waals surface area contributed by atoms with Gasteiger partial charge in [-0.1, -0.05) is 28.9 Å². The van der Waals surface area contributed by atoms with E-state index in [9.17, 15) is 9.59 Å². The van der Waals surface area contributed by atoms with Gasteiger partial charge in [-0.3, -0.25) is 9.59 Å². The molecule has 6 heteroatoms. The van der Waals surface area contributed by atoms with E-state index >= 15 is 0 Å². The summed E-state index contributed by atoms with van der Waals surface area (Å²) in [6.07, 6.45) is 0.590. The molecule has 0 radical (unpaired) electrons. The number of aliphatic hydroxyl groups excluding tert-OH is 1. The van der Waals surface area contributed by atoms with E-state index in [0.29, 0.717) is 18.7 Å². The molecule has 0 saturated heterocycles. The van der Waals surface area contributed by atoms with E-state index in [1.54, 1.807) is 6.07 Å². The molecule has 0 aliphatic heterocycles. The Morgan fingerprint density at radius 2 is 2.05 bits per heavy atom. The van der Waals surface area contributed by atoms with Crippen LogP contribution in [-0.2, 0) is 9.59 Å². The first kappa shape index (κ1) is 16.7. The first-order valence-electron chi connectivity index (χ1n) is 6.40. The van der Waals surface area contributed by atoms with Crippen molar-refractivity contribution in [3.05, 3.63) is 28.2 Å². The van der Waals surface area contributed by atoms with Crippen molar-refractivity contribution in [2.45, 2.75) is 20.3 Å². The molecule has 0 aliphatic rings. The molecule has 5 nitrogen and oxygen atoms in total. The molecule has 1 unspecified atom stereocenters. The summed E-state index contributed by atoms with van der Waals surface area (Å²) in [5.41, 5.74) is 1.48. The number of aryl methyl sites for hydroxylation is 1. The highest BCUT2D eigenvalue weighted by Crippen LogP contribution is 2.20. The van der Waals surface area contributed by atoms with Gasteiger partial charge in [0.05, 0.1) is 0 Å². The Morgan fingerprint density at radius 1 is 1.35 bits per heavy atom. The third-order valence-electron chi connectivity index (χ3n) is 2.89. The summed E-state index contributed by atoms with van der Waals surface area (Å²) < 4.78 is 0.829. The molecule has 1 rings (SSSR count). The molecule has 3 N–H and O–H groups in total. The summed E-state index contributed by atoms with van der Waals surface area (Å²) in [6, 6.07) is 5.46. The van der Waals surface area contributed by atoms with Gasteiger partial charge in [-0.05, 0) is 37.0 Å². The molecule has 0 fully saturated rings. The zero-order valence-electron chi connectivity index (χ0n) is 11.6. The molecule has 0 aliphatic carbocycles. The Balaban J connectivity index is 2.53. The summed E-state index contributed by atoms with van der Waals surface area (Å²) in [6.45, 7) is 4.18. The second-order valence-corrected chi connectivity index (χ2v) is 5.66. The monoisotopic (exact) mass is 342 g/mol. The topological polar surface area (TPSA) is 78.4 Å². The van der Waals surface area contributed by atoms with Gasteiger partial charge in [0.2, 0.25) is 0 Å². The van der Waals surface area contributed by atoms with Crippen molar-refractivity contribution in [2.75, 3.05) is 18.5 Å². The van der Waals surface area contributed by atoms with Crippen molar-refractivity contribution in [1.82, 2.24) is 5.32 Å². The number of halogens is 1. The molecule has 0 aromatic heterocycles. The fourth-order valence-corrected chi connectivity index (χ4v) is 1.94. The summed E-state index contributed by atoms with van der Waals surface area (Å²) in [5.74, 6) is -1.24. The number of amides is 2. The second kappa shape index (κ2) is 8.01. The number of rotatable bonds is 5. The summed E-state index contributed by atoms with van der Waals surface area (Å²) in [4.78, 5) is 23.4. The molecule has 2 amide bonds. The average molecular weight is 343 g/mol. The van der Waals surface area contributed by atoms with E-state index in [1.807, 2.05) is 26.0 Å². The Kier molecular flexibility index (Phi) is 6.67. The van der Waals surface area contributed by atoms with Crippen LogP contribution in [0.1, 0.15) is 18.9 Å². The van der Waals surface area contributed by atoms with Gasteiger partial charge in [0.1, 0.15) is 0 Å². The molecule has 110 valence electrons. The summed E-state index contributed by atoms with van der Waals surface area (Å²) in [7, 11) is 0. The number of hydrogen-bond acceptors (Lipinski definition) is 3. The molecular weight excluding hydrogens is 324 g/mol. The highest BCUT2D eigenvalue weighted by molar-refractivity contribution is 9.10. The smallest absolute Gasteiger partial charge is 0.313 e. The standard InChI is InChI=1S/C14H19BrN2O3/c1-9(5-6-18)8-16-13(19)14(20)17-12-7-11(15)4-3-10(12)2/h3-4,7,9,18H,5-6,8H2,1-2H3,(H,16,19)(H,17,20). The van der Waals surface area contributed by atoms with Gasteiger partial charge in [0, 0.05) is 23.3 Å². The predicted octanol–water partition coefficient (Wildman–Crippen LogP) is 1.83. The van der Waals surface area contributed by atoms with Gasteiger partial charge in [-0.2, -0.15) is 0 Å². The highest BCUT2D eigenvalue weighted by atomic mass is 79.9. The van der Waals surface area contributed by atoms with Crippen LogP contribution in [0.5, 0.6) is 0 Å². The average Bonchev–Trinajstić information content (AvgIpc) is 2.40. The van der Waals surface area contributed by atoms with Crippen molar-refractivity contribution < 1.29 is 14.7 Å². The molecule has 0 spiro atoms. The lowest BCUT2D eigenvalue weighted by molar-refractivity contribution is -0.136. The first-order chi connectivity index (χ1) is 9.43. The van der Waals surface area contributed by atoms with Crippen LogP contribution in [-0.4, -0.2) is 30.1 Å². The fraction of sp³-hybridized carbons (Fsp3) is 0.429. The van der Waals surface area contributed by atoms with Crippen LogP contribution in [0.2, 0.25) is 0 Å². The molecular formula is C14H19BrN2O3. The zero-order valence-corrected chi connectivity index (χ0v) is 13.2. The number of carbonyl (C=O) groups is 2. The van der Waals surface area contributed by atoms with Crippen molar-refractivity contribution in [3.8, 4) is 0 Å². The third-order valence-corrected chi connectivity index (χ3v) is 3.38. The Hall–Kier alpha value is -1.40. The number of aliphatic hydroxyl groups is 1. The molecule has 0 bridgehead atoms. The molecule has 0 saturated carbocycles. The number of hydrogen-bond donors (Lipinski definition) is 3. The first-order valence-corrected chi connectivity index (χ1v) is 7.19. The molecule has 1 aromatic rings. The van der Waals surface area contributed by atoms with Crippen molar-refractivity contribution in [3.63, 3.8) is 0 Å². The summed E-state index contributed by atoms with van der Waals surface area (Å²) >= 11 is 3.31. The fourth-order valence-electron chi connectivity index (χ4n) is 1.58. The van der Waals surface area contributed by atoms with E-state index in [-0.39, 0.29) is 12.5 Å². The van der Waals surface area contributed by atoms with Gasteiger partial charge in [0.25, 0.3) is 0 Å². The van der Waals surface area contributed by atoms with Crippen LogP contribution < -0.4 is 10.6 Å². The lowest BCUT2D eigenvalue weighted by Crippen LogP contribution is -2.37. The molecule has 0 heterocycles. The van der Waals surface area contributed by atoms with Gasteiger partial charge in [0.15, 0.2) is 0 Å². The Labute approximate surface area is 126 Å². The molecule has 1 aromatic carbocycles. The van der Waals surface area contributed by atoms with Crippen LogP contribution in [0.15, 0.2) is 22.7 Å². The van der Waals surface area contributed by atoms with E-state index in [2.05, 4.69) is 26.6 Å². The van der Waals surface area contributed by atoms with Crippen LogP contribution in [0.3, 0.4) is 0 Å². The lowest BCUT2D eigenvalue weighted by atomic mass is 10.1. The Morgan fingerprint density at radius 3 is 2.70 bits per heavy atom. The van der Waals surface area contributed by atoms with Crippen LogP contribution in [0.4, 0.5) is 5.69 Å². The number of benzene rings is 1. The number of carbonyl (C=O) groups excluding carboxylic acids is 2. The maximum atomic E-state index is 11.8. The van der Waals surface area contributed by atoms with Crippen molar-refractivity contribution >= 4 is 33.4 Å². The van der Waals surface area contributed by atoms with Gasteiger partial charge in [-0.25, -0.2) is 0 Å². The van der Waals surface area contributed by atoms with Crippen LogP contribution >= 0.6 is 15.9 Å². The summed E-state index contributed by atoms with van der Waals surface area (Å²) in [5, 5.41) is 13.9. The maximum absolute atomic E-state index is 11.8. The quantitative estimate of drug-likeness (QED) is 0.714. The minimum absolute atomic E-state index is 0.0699. The Bertz CT molecular complexity index is 491.